The van der Waals surface area contributed by atoms with Crippen LogP contribution in [0, 0.1) is 12.8 Å². The number of nitrogens with one attached hydrogen (secondary N) is 1. The van der Waals surface area contributed by atoms with Gasteiger partial charge in [-0.2, -0.15) is 0 Å². The van der Waals surface area contributed by atoms with Crippen molar-refractivity contribution in [1.29, 1.82) is 0 Å². The Hall–Kier alpha value is -0.780. The average molecular weight is 309 g/mol. The second-order valence-corrected chi connectivity index (χ2v) is 4.66. The van der Waals surface area contributed by atoms with Crippen molar-refractivity contribution in [3.8, 4) is 0 Å². The van der Waals surface area contributed by atoms with Crippen molar-refractivity contribution in [2.45, 2.75) is 38.8 Å². The highest BCUT2D eigenvalue weighted by molar-refractivity contribution is 5.85. The summed E-state index contributed by atoms with van der Waals surface area (Å²) >= 11 is 0. The first-order chi connectivity index (χ1) is 8.18. The molecular weight excluding hydrogens is 287 g/mol. The minimum atomic E-state index is 0. The first-order valence-corrected chi connectivity index (χ1v) is 6.19. The van der Waals surface area contributed by atoms with Crippen molar-refractivity contribution in [2.24, 2.45) is 11.7 Å². The summed E-state index contributed by atoms with van der Waals surface area (Å²) in [4.78, 5) is 16.0. The molecule has 0 aliphatic heterocycles. The fourth-order valence-corrected chi connectivity index (χ4v) is 2.38. The third kappa shape index (κ3) is 4.67. The van der Waals surface area contributed by atoms with Gasteiger partial charge in [0.1, 0.15) is 5.82 Å². The Balaban J connectivity index is 0.00000162. The van der Waals surface area contributed by atoms with E-state index >= 15 is 0 Å². The molecule has 0 saturated heterocycles. The summed E-state index contributed by atoms with van der Waals surface area (Å²) in [7, 11) is 0. The number of amides is 1. The van der Waals surface area contributed by atoms with Gasteiger partial charge in [-0.15, -0.1) is 24.8 Å². The Morgan fingerprint density at radius 2 is 2.26 bits per heavy atom. The summed E-state index contributed by atoms with van der Waals surface area (Å²) in [5.41, 5.74) is 5.89. The van der Waals surface area contributed by atoms with Crippen molar-refractivity contribution >= 4 is 30.7 Å². The van der Waals surface area contributed by atoms with Crippen molar-refractivity contribution < 1.29 is 4.79 Å². The molecule has 0 radical (unpaired) electrons. The van der Waals surface area contributed by atoms with Crippen LogP contribution in [0.2, 0.25) is 0 Å². The van der Waals surface area contributed by atoms with Crippen molar-refractivity contribution in [3.63, 3.8) is 0 Å². The number of halogens is 2. The number of hydrogen-bond acceptors (Lipinski definition) is 3. The first kappa shape index (κ1) is 18.2. The predicted molar refractivity (Wildman–Crippen MR) is 79.8 cm³/mol. The zero-order chi connectivity index (χ0) is 12.3. The maximum absolute atomic E-state index is 11.9. The number of nitrogens with two attached hydrogens (primary N) is 1. The lowest BCUT2D eigenvalue weighted by molar-refractivity contribution is -0.125. The number of carbonyl (C=O) groups is 1. The average Bonchev–Trinajstić information content (AvgIpc) is 2.88. The molecule has 1 heterocycles. The van der Waals surface area contributed by atoms with E-state index in [4.69, 9.17) is 5.73 Å². The third-order valence-corrected chi connectivity index (χ3v) is 3.48. The van der Waals surface area contributed by atoms with E-state index in [2.05, 4.69) is 10.3 Å². The molecule has 0 aromatic carbocycles. The minimum absolute atomic E-state index is 0. The Bertz CT molecular complexity index is 397. The van der Waals surface area contributed by atoms with Gasteiger partial charge in [0.15, 0.2) is 0 Å². The summed E-state index contributed by atoms with van der Waals surface area (Å²) in [6, 6.07) is 0.0463. The van der Waals surface area contributed by atoms with Crippen molar-refractivity contribution in [2.75, 3.05) is 6.54 Å². The van der Waals surface area contributed by atoms with E-state index in [1.165, 1.54) is 0 Å². The van der Waals surface area contributed by atoms with Crippen LogP contribution in [0.1, 0.15) is 25.1 Å². The summed E-state index contributed by atoms with van der Waals surface area (Å²) < 4.78 is 2.02. The topological polar surface area (TPSA) is 72.9 Å². The van der Waals surface area contributed by atoms with E-state index in [1.54, 1.807) is 6.20 Å². The number of rotatable bonds is 4. The number of hydrogen-bond donors (Lipinski definition) is 2. The molecule has 2 rings (SSSR count). The van der Waals surface area contributed by atoms with Gasteiger partial charge in [-0.3, -0.25) is 4.79 Å². The summed E-state index contributed by atoms with van der Waals surface area (Å²) in [6.07, 6.45) is 6.66. The summed E-state index contributed by atoms with van der Waals surface area (Å²) in [6.45, 7) is 3.35. The highest BCUT2D eigenvalue weighted by Crippen LogP contribution is 2.23. The third-order valence-electron chi connectivity index (χ3n) is 3.48. The maximum Gasteiger partial charge on any atom is 0.224 e. The van der Waals surface area contributed by atoms with Crippen LogP contribution in [-0.2, 0) is 11.3 Å². The molecule has 110 valence electrons. The smallest absolute Gasteiger partial charge is 0.224 e. The molecule has 2 atom stereocenters. The molecule has 1 fully saturated rings. The largest absolute Gasteiger partial charge is 0.354 e. The monoisotopic (exact) mass is 308 g/mol. The molecule has 1 amide bonds. The summed E-state index contributed by atoms with van der Waals surface area (Å²) in [5.74, 6) is 1.09. The van der Waals surface area contributed by atoms with E-state index in [0.717, 1.165) is 31.6 Å². The highest BCUT2D eigenvalue weighted by atomic mass is 35.5. The number of nitrogens with zero attached hydrogens (tertiary/aromatic N) is 2. The Morgan fingerprint density at radius 3 is 2.79 bits per heavy atom. The Labute approximate surface area is 126 Å². The molecule has 1 saturated carbocycles. The van der Waals surface area contributed by atoms with Crippen LogP contribution in [0.15, 0.2) is 12.4 Å². The van der Waals surface area contributed by atoms with Crippen LogP contribution < -0.4 is 11.1 Å². The van der Waals surface area contributed by atoms with Crippen LogP contribution in [0.5, 0.6) is 0 Å². The van der Waals surface area contributed by atoms with Crippen LogP contribution in [0.3, 0.4) is 0 Å². The molecule has 3 N–H and O–H groups in total. The van der Waals surface area contributed by atoms with E-state index in [-0.39, 0.29) is 42.7 Å². The Morgan fingerprint density at radius 1 is 1.53 bits per heavy atom. The first-order valence-electron chi connectivity index (χ1n) is 6.19. The SMILES string of the molecule is Cc1nccn1CCNC(=O)C1CCCC1N.Cl.Cl. The molecule has 1 aromatic heterocycles. The van der Waals surface area contributed by atoms with Crippen LogP contribution in [0.4, 0.5) is 0 Å². The second-order valence-electron chi connectivity index (χ2n) is 4.66. The molecule has 1 aromatic rings. The van der Waals surface area contributed by atoms with Crippen LogP contribution >= 0.6 is 24.8 Å². The zero-order valence-corrected chi connectivity index (χ0v) is 12.7. The molecule has 5 nitrogen and oxygen atoms in total. The van der Waals surface area contributed by atoms with E-state index in [9.17, 15) is 4.79 Å². The molecular formula is C12H22Cl2N4O. The molecule has 2 unspecified atom stereocenters. The lowest BCUT2D eigenvalue weighted by Gasteiger charge is -2.15. The Kier molecular flexibility index (Phi) is 8.06. The normalized spacial score (nSPS) is 21.4. The van der Waals surface area contributed by atoms with E-state index in [0.29, 0.717) is 6.54 Å². The molecule has 7 heteroatoms. The molecule has 1 aliphatic rings. The lowest BCUT2D eigenvalue weighted by Crippen LogP contribution is -2.39. The fraction of sp³-hybridized carbons (Fsp3) is 0.667. The van der Waals surface area contributed by atoms with Crippen LogP contribution in [-0.4, -0.2) is 28.0 Å². The van der Waals surface area contributed by atoms with Gasteiger partial charge in [0, 0.05) is 31.5 Å². The quantitative estimate of drug-likeness (QED) is 0.880. The van der Waals surface area contributed by atoms with Gasteiger partial charge < -0.3 is 15.6 Å². The van der Waals surface area contributed by atoms with Gasteiger partial charge in [0.25, 0.3) is 0 Å². The standard InChI is InChI=1S/C12H20N4O.2ClH/c1-9-14-5-7-16(9)8-6-15-12(17)10-3-2-4-11(10)13;;/h5,7,10-11H,2-4,6,8,13H2,1H3,(H,15,17);2*1H. The highest BCUT2D eigenvalue weighted by Gasteiger charge is 2.29. The molecule has 0 spiro atoms. The maximum atomic E-state index is 11.9. The van der Waals surface area contributed by atoms with Gasteiger partial charge in [-0.05, 0) is 19.8 Å². The van der Waals surface area contributed by atoms with Crippen molar-refractivity contribution in [1.82, 2.24) is 14.9 Å². The minimum Gasteiger partial charge on any atom is -0.354 e. The van der Waals surface area contributed by atoms with Gasteiger partial charge >= 0.3 is 0 Å². The predicted octanol–water partition coefficient (Wildman–Crippen LogP) is 1.28. The van der Waals surface area contributed by atoms with Crippen molar-refractivity contribution in [3.05, 3.63) is 18.2 Å². The zero-order valence-electron chi connectivity index (χ0n) is 11.0. The van der Waals surface area contributed by atoms with E-state index < -0.39 is 0 Å². The number of aryl methyl sites for hydroxylation is 1. The molecule has 1 aliphatic carbocycles. The number of imidazole rings is 1. The fourth-order valence-electron chi connectivity index (χ4n) is 2.38. The number of carbonyl (C=O) groups excluding carboxylic acids is 1. The lowest BCUT2D eigenvalue weighted by atomic mass is 10.0. The summed E-state index contributed by atoms with van der Waals surface area (Å²) in [5, 5.41) is 2.95. The second kappa shape index (κ2) is 8.40. The van der Waals surface area contributed by atoms with Gasteiger partial charge in [0.05, 0.1) is 5.92 Å². The van der Waals surface area contributed by atoms with Gasteiger partial charge in [-0.1, -0.05) is 6.42 Å². The van der Waals surface area contributed by atoms with Gasteiger partial charge in [0.2, 0.25) is 5.91 Å². The molecule has 0 bridgehead atoms. The van der Waals surface area contributed by atoms with E-state index in [1.807, 2.05) is 17.7 Å². The number of aromatic nitrogens is 2. The molecule has 19 heavy (non-hydrogen) atoms. The van der Waals surface area contributed by atoms with Gasteiger partial charge in [-0.25, -0.2) is 4.98 Å². The van der Waals surface area contributed by atoms with Crippen LogP contribution in [0.25, 0.3) is 0 Å².